The SMILES string of the molecule is [O-][NH+](O)c1cc([NH+]([O-])O)c(Cc2ccccc2)c([NH+]([O-])O)c1. The highest BCUT2D eigenvalue weighted by Gasteiger charge is 2.23. The van der Waals surface area contributed by atoms with Crippen molar-refractivity contribution in [3.05, 3.63) is 69.2 Å². The average Bonchev–Trinajstić information content (AvgIpc) is 2.47. The second-order valence-corrected chi connectivity index (χ2v) is 4.63. The first-order valence-electron chi connectivity index (χ1n) is 6.31. The van der Waals surface area contributed by atoms with Crippen LogP contribution in [-0.4, -0.2) is 15.6 Å². The van der Waals surface area contributed by atoms with Crippen LogP contribution in [-0.2, 0) is 6.42 Å². The third-order valence-corrected chi connectivity index (χ3v) is 3.18. The zero-order valence-corrected chi connectivity index (χ0v) is 11.3. The van der Waals surface area contributed by atoms with Crippen LogP contribution in [0.25, 0.3) is 0 Å². The lowest BCUT2D eigenvalue weighted by atomic mass is 10.0. The molecule has 2 aromatic rings. The van der Waals surface area contributed by atoms with Crippen LogP contribution in [0.15, 0.2) is 42.5 Å². The molecule has 22 heavy (non-hydrogen) atoms. The lowest BCUT2D eigenvalue weighted by Gasteiger charge is -2.23. The van der Waals surface area contributed by atoms with Crippen LogP contribution >= 0.6 is 0 Å². The first-order chi connectivity index (χ1) is 10.4. The quantitative estimate of drug-likeness (QED) is 0.371. The highest BCUT2D eigenvalue weighted by Crippen LogP contribution is 2.25. The van der Waals surface area contributed by atoms with Gasteiger partial charge in [0.05, 0.1) is 17.7 Å². The summed E-state index contributed by atoms with van der Waals surface area (Å²) in [6.07, 6.45) is 0.0873. The molecule has 9 nitrogen and oxygen atoms in total. The number of nitrogens with one attached hydrogen (secondary N) is 3. The Bertz CT molecular complexity index is 604. The summed E-state index contributed by atoms with van der Waals surface area (Å²) in [6, 6.07) is 10.7. The fourth-order valence-corrected chi connectivity index (χ4v) is 2.17. The summed E-state index contributed by atoms with van der Waals surface area (Å²) in [5, 5.41) is 57.2. The second-order valence-electron chi connectivity index (χ2n) is 4.63. The van der Waals surface area contributed by atoms with Gasteiger partial charge in [0, 0.05) is 6.42 Å². The zero-order chi connectivity index (χ0) is 16.3. The molecule has 118 valence electrons. The van der Waals surface area contributed by atoms with E-state index in [2.05, 4.69) is 0 Å². The summed E-state index contributed by atoms with van der Waals surface area (Å²) in [6.45, 7) is 0. The van der Waals surface area contributed by atoms with E-state index in [0.29, 0.717) is 0 Å². The van der Waals surface area contributed by atoms with Crippen LogP contribution in [0.2, 0.25) is 0 Å². The lowest BCUT2D eigenvalue weighted by Crippen LogP contribution is -3.02. The molecule has 0 radical (unpaired) electrons. The monoisotopic (exact) mass is 309 g/mol. The molecular weight excluding hydrogens is 294 g/mol. The van der Waals surface area contributed by atoms with Crippen LogP contribution in [0.3, 0.4) is 0 Å². The molecule has 0 aromatic heterocycles. The Labute approximate surface area is 125 Å². The van der Waals surface area contributed by atoms with E-state index < -0.39 is 15.7 Å². The third-order valence-electron chi connectivity index (χ3n) is 3.18. The van der Waals surface area contributed by atoms with Gasteiger partial charge in [0.25, 0.3) is 0 Å². The van der Waals surface area contributed by atoms with Crippen molar-refractivity contribution in [3.8, 4) is 0 Å². The minimum Gasteiger partial charge on any atom is -0.595 e. The van der Waals surface area contributed by atoms with E-state index in [4.69, 9.17) is 5.21 Å². The normalized spacial score (nSPS) is 15.4. The number of benzene rings is 2. The van der Waals surface area contributed by atoms with Crippen molar-refractivity contribution in [2.45, 2.75) is 6.42 Å². The van der Waals surface area contributed by atoms with Gasteiger partial charge in [-0.15, -0.1) is 0 Å². The lowest BCUT2D eigenvalue weighted by molar-refractivity contribution is -1.00. The predicted molar refractivity (Wildman–Crippen MR) is 73.0 cm³/mol. The maximum absolute atomic E-state index is 11.4. The summed E-state index contributed by atoms with van der Waals surface area (Å²) in [4.78, 5) is 0. The summed E-state index contributed by atoms with van der Waals surface area (Å²) in [5.41, 5.74) is -0.194. The zero-order valence-electron chi connectivity index (χ0n) is 11.3. The van der Waals surface area contributed by atoms with Crippen LogP contribution in [0.1, 0.15) is 11.1 Å². The van der Waals surface area contributed by atoms with E-state index >= 15 is 0 Å². The second kappa shape index (κ2) is 6.89. The van der Waals surface area contributed by atoms with Gasteiger partial charge in [-0.2, -0.15) is 15.7 Å². The Kier molecular flexibility index (Phi) is 5.15. The van der Waals surface area contributed by atoms with Crippen molar-refractivity contribution >= 4 is 17.1 Å². The Morgan fingerprint density at radius 1 is 0.773 bits per heavy atom. The smallest absolute Gasteiger partial charge is 0.179 e. The van der Waals surface area contributed by atoms with Crippen molar-refractivity contribution in [3.63, 3.8) is 0 Å². The van der Waals surface area contributed by atoms with E-state index in [0.717, 1.165) is 17.7 Å². The molecule has 3 unspecified atom stereocenters. The number of hydrogen-bond donors (Lipinski definition) is 6. The molecule has 6 N–H and O–H groups in total. The largest absolute Gasteiger partial charge is 0.595 e. The van der Waals surface area contributed by atoms with Gasteiger partial charge in [0.1, 0.15) is 0 Å². The number of quaternary nitrogens is 3. The van der Waals surface area contributed by atoms with Crippen LogP contribution < -0.4 is 15.7 Å². The fourth-order valence-electron chi connectivity index (χ4n) is 2.17. The van der Waals surface area contributed by atoms with Crippen LogP contribution in [0.4, 0.5) is 17.1 Å². The highest BCUT2D eigenvalue weighted by molar-refractivity contribution is 5.61. The molecule has 0 spiro atoms. The Morgan fingerprint density at radius 3 is 1.68 bits per heavy atom. The Hall–Kier alpha value is -1.92. The van der Waals surface area contributed by atoms with Gasteiger partial charge in [-0.25, -0.2) is 15.6 Å². The van der Waals surface area contributed by atoms with Gasteiger partial charge >= 0.3 is 0 Å². The minimum absolute atomic E-state index is 0.0798. The van der Waals surface area contributed by atoms with Crippen LogP contribution in [0, 0.1) is 15.6 Å². The van der Waals surface area contributed by atoms with E-state index in [1.54, 1.807) is 30.3 Å². The molecule has 0 aliphatic carbocycles. The van der Waals surface area contributed by atoms with Crippen LogP contribution in [0.5, 0.6) is 0 Å². The van der Waals surface area contributed by atoms with E-state index in [9.17, 15) is 26.0 Å². The van der Waals surface area contributed by atoms with Crippen molar-refractivity contribution in [1.82, 2.24) is 0 Å². The highest BCUT2D eigenvalue weighted by atomic mass is 16.8. The summed E-state index contributed by atoms with van der Waals surface area (Å²) < 4.78 is 0. The first kappa shape index (κ1) is 16.5. The van der Waals surface area contributed by atoms with Gasteiger partial charge in [0.2, 0.25) is 0 Å². The molecule has 0 heterocycles. The van der Waals surface area contributed by atoms with Gasteiger partial charge in [0.15, 0.2) is 17.1 Å². The van der Waals surface area contributed by atoms with Crippen molar-refractivity contribution < 1.29 is 31.3 Å². The van der Waals surface area contributed by atoms with Crippen molar-refractivity contribution in [2.24, 2.45) is 0 Å². The molecule has 9 heteroatoms. The average molecular weight is 309 g/mol. The predicted octanol–water partition coefficient (Wildman–Crippen LogP) is -1.51. The Balaban J connectivity index is 2.58. The molecular formula is C13H15N3O6. The molecule has 0 saturated heterocycles. The molecule has 2 rings (SSSR count). The van der Waals surface area contributed by atoms with Gasteiger partial charge in [-0.05, 0) is 5.56 Å². The summed E-state index contributed by atoms with van der Waals surface area (Å²) in [7, 11) is 0. The third kappa shape index (κ3) is 3.64. The maximum Gasteiger partial charge on any atom is 0.179 e. The van der Waals surface area contributed by atoms with Gasteiger partial charge in [-0.3, -0.25) is 0 Å². The fraction of sp³-hybridized carbons (Fsp3) is 0.0769. The molecule has 3 atom stereocenters. The van der Waals surface area contributed by atoms with Gasteiger partial charge < -0.3 is 15.6 Å². The summed E-state index contributed by atoms with van der Waals surface area (Å²) >= 11 is 0. The maximum atomic E-state index is 11.4. The number of hydrogen-bond acceptors (Lipinski definition) is 6. The standard InChI is InChI=1S/C13H15N3O6/c17-14(18)10-7-12(15(19)20)11(13(8-10)16(21)22)6-9-4-2-1-3-5-9/h1-5,7-8,14-17,19,21H,6H2. The van der Waals surface area contributed by atoms with Crippen molar-refractivity contribution in [2.75, 3.05) is 0 Å². The number of rotatable bonds is 5. The molecule has 0 bridgehead atoms. The molecule has 0 fully saturated rings. The molecule has 0 amide bonds. The molecule has 0 saturated carbocycles. The summed E-state index contributed by atoms with van der Waals surface area (Å²) in [5.74, 6) is 0. The minimum atomic E-state index is -1.38. The van der Waals surface area contributed by atoms with E-state index in [1.807, 2.05) is 0 Å². The molecule has 0 aliphatic heterocycles. The van der Waals surface area contributed by atoms with Crippen molar-refractivity contribution in [1.29, 1.82) is 0 Å². The first-order valence-corrected chi connectivity index (χ1v) is 6.31. The Morgan fingerprint density at radius 2 is 1.27 bits per heavy atom. The topological polar surface area (TPSA) is 143 Å². The molecule has 2 aromatic carbocycles. The molecule has 0 aliphatic rings. The van der Waals surface area contributed by atoms with Gasteiger partial charge in [-0.1, -0.05) is 30.3 Å². The van der Waals surface area contributed by atoms with E-state index in [-0.39, 0.29) is 29.0 Å². The van der Waals surface area contributed by atoms with E-state index in [1.165, 1.54) is 0 Å².